The van der Waals surface area contributed by atoms with Crippen LogP contribution in [0.1, 0.15) is 5.56 Å². The molecular weight excluding hydrogens is 266 g/mol. The minimum Gasteiger partial charge on any atom is -0.326 e. The molecule has 0 atom stereocenters. The molecule has 0 aliphatic heterocycles. The molecule has 2 aromatic heterocycles. The number of rotatable bonds is 2. The van der Waals surface area contributed by atoms with E-state index in [9.17, 15) is 4.79 Å². The number of hydrogen-bond donors (Lipinski definition) is 2. The maximum Gasteiger partial charge on any atom is 0.261 e. The van der Waals surface area contributed by atoms with Crippen molar-refractivity contribution in [1.82, 2.24) is 19.7 Å². The summed E-state index contributed by atoms with van der Waals surface area (Å²) < 4.78 is 1.63. The molecular formula is C12H12ClN5O. The third kappa shape index (κ3) is 2.23. The number of halogens is 1. The number of benzene rings is 1. The Hall–Kier alpha value is -2.18. The predicted molar refractivity (Wildman–Crippen MR) is 74.6 cm³/mol. The molecule has 3 aromatic rings. The minimum absolute atomic E-state index is 0. The molecule has 0 amide bonds. The van der Waals surface area contributed by atoms with E-state index in [2.05, 4.69) is 15.1 Å². The van der Waals surface area contributed by atoms with E-state index in [0.717, 1.165) is 11.3 Å². The monoisotopic (exact) mass is 277 g/mol. The van der Waals surface area contributed by atoms with Gasteiger partial charge in [0.05, 0.1) is 18.2 Å². The second-order valence-electron chi connectivity index (χ2n) is 3.90. The zero-order valence-electron chi connectivity index (χ0n) is 9.91. The van der Waals surface area contributed by atoms with E-state index < -0.39 is 0 Å². The quantitative estimate of drug-likeness (QED) is 0.731. The van der Waals surface area contributed by atoms with Crippen molar-refractivity contribution in [3.05, 3.63) is 52.7 Å². The van der Waals surface area contributed by atoms with Gasteiger partial charge in [-0.15, -0.1) is 12.4 Å². The zero-order valence-corrected chi connectivity index (χ0v) is 10.7. The van der Waals surface area contributed by atoms with Crippen LogP contribution in [-0.4, -0.2) is 19.7 Å². The van der Waals surface area contributed by atoms with E-state index in [-0.39, 0.29) is 18.0 Å². The van der Waals surface area contributed by atoms with Crippen LogP contribution in [0.5, 0.6) is 0 Å². The van der Waals surface area contributed by atoms with Crippen LogP contribution in [0.25, 0.3) is 16.7 Å². The lowest BCUT2D eigenvalue weighted by Crippen LogP contribution is -2.06. The van der Waals surface area contributed by atoms with E-state index in [1.807, 2.05) is 24.3 Å². The number of aromatic nitrogens is 4. The summed E-state index contributed by atoms with van der Waals surface area (Å²) in [5.41, 5.74) is 7.79. The average Bonchev–Trinajstić information content (AvgIpc) is 2.84. The van der Waals surface area contributed by atoms with Crippen LogP contribution in [-0.2, 0) is 6.54 Å². The van der Waals surface area contributed by atoms with Crippen LogP contribution in [0.2, 0.25) is 0 Å². The van der Waals surface area contributed by atoms with Crippen molar-refractivity contribution in [1.29, 1.82) is 0 Å². The summed E-state index contributed by atoms with van der Waals surface area (Å²) in [5.74, 6) is 0. The summed E-state index contributed by atoms with van der Waals surface area (Å²) in [6, 6.07) is 7.65. The fourth-order valence-electron chi connectivity index (χ4n) is 1.82. The third-order valence-corrected chi connectivity index (χ3v) is 2.79. The molecule has 2 heterocycles. The normalized spacial score (nSPS) is 10.4. The van der Waals surface area contributed by atoms with Crippen LogP contribution < -0.4 is 11.3 Å². The highest BCUT2D eigenvalue weighted by atomic mass is 35.5. The van der Waals surface area contributed by atoms with Crippen LogP contribution in [0.3, 0.4) is 0 Å². The van der Waals surface area contributed by atoms with Crippen molar-refractivity contribution >= 4 is 23.4 Å². The van der Waals surface area contributed by atoms with Gasteiger partial charge in [-0.1, -0.05) is 12.1 Å². The predicted octanol–water partition coefficient (Wildman–Crippen LogP) is 0.989. The van der Waals surface area contributed by atoms with Gasteiger partial charge in [0.15, 0.2) is 5.65 Å². The number of nitrogens with two attached hydrogens (primary N) is 1. The maximum atomic E-state index is 11.6. The van der Waals surface area contributed by atoms with Crippen LogP contribution in [0.4, 0.5) is 0 Å². The summed E-state index contributed by atoms with van der Waals surface area (Å²) >= 11 is 0. The summed E-state index contributed by atoms with van der Waals surface area (Å²) in [6.07, 6.45) is 2.88. The topological polar surface area (TPSA) is 89.6 Å². The average molecular weight is 278 g/mol. The standard InChI is InChI=1S/C12H11N5O.ClH/c13-5-8-1-3-9(4-2-8)17-11-10(6-16-17)12(18)15-7-14-11;/h1-4,6-7H,5,13H2,(H,14,15,18);1H. The first kappa shape index (κ1) is 13.3. The first-order valence-corrected chi connectivity index (χ1v) is 5.50. The molecule has 0 fully saturated rings. The van der Waals surface area contributed by atoms with Crippen LogP contribution >= 0.6 is 12.4 Å². The molecule has 0 unspecified atom stereocenters. The highest BCUT2D eigenvalue weighted by Gasteiger charge is 2.08. The molecule has 0 bridgehead atoms. The van der Waals surface area contributed by atoms with E-state index in [0.29, 0.717) is 17.6 Å². The van der Waals surface area contributed by atoms with E-state index >= 15 is 0 Å². The molecule has 3 rings (SSSR count). The number of nitrogens with zero attached hydrogens (tertiary/aromatic N) is 3. The van der Waals surface area contributed by atoms with Crippen molar-refractivity contribution in [3.63, 3.8) is 0 Å². The molecule has 0 aliphatic carbocycles. The van der Waals surface area contributed by atoms with Gasteiger partial charge in [-0.25, -0.2) is 9.67 Å². The Balaban J connectivity index is 0.00000133. The second kappa shape index (κ2) is 5.21. The second-order valence-corrected chi connectivity index (χ2v) is 3.90. The molecule has 0 saturated heterocycles. The molecule has 1 aromatic carbocycles. The highest BCUT2D eigenvalue weighted by molar-refractivity contribution is 5.85. The fraction of sp³-hybridized carbons (Fsp3) is 0.0833. The Bertz CT molecular complexity index is 747. The first-order valence-electron chi connectivity index (χ1n) is 5.50. The summed E-state index contributed by atoms with van der Waals surface area (Å²) in [5, 5.41) is 4.66. The third-order valence-electron chi connectivity index (χ3n) is 2.79. The zero-order chi connectivity index (χ0) is 12.5. The van der Waals surface area contributed by atoms with E-state index in [1.54, 1.807) is 4.68 Å². The smallest absolute Gasteiger partial charge is 0.261 e. The molecule has 98 valence electrons. The van der Waals surface area contributed by atoms with Crippen molar-refractivity contribution in [2.75, 3.05) is 0 Å². The Morgan fingerprint density at radius 3 is 2.68 bits per heavy atom. The summed E-state index contributed by atoms with van der Waals surface area (Å²) in [6.45, 7) is 0.498. The lowest BCUT2D eigenvalue weighted by atomic mass is 10.2. The molecule has 0 saturated carbocycles. The Morgan fingerprint density at radius 1 is 1.26 bits per heavy atom. The number of aromatic amines is 1. The fourth-order valence-corrected chi connectivity index (χ4v) is 1.82. The van der Waals surface area contributed by atoms with Gasteiger partial charge in [-0.2, -0.15) is 5.10 Å². The Kier molecular flexibility index (Phi) is 3.64. The molecule has 0 radical (unpaired) electrons. The van der Waals surface area contributed by atoms with Crippen LogP contribution in [0.15, 0.2) is 41.6 Å². The van der Waals surface area contributed by atoms with Crippen molar-refractivity contribution in [2.45, 2.75) is 6.54 Å². The Morgan fingerprint density at radius 2 is 2.00 bits per heavy atom. The van der Waals surface area contributed by atoms with E-state index in [4.69, 9.17) is 5.73 Å². The Labute approximate surface area is 114 Å². The van der Waals surface area contributed by atoms with Gasteiger partial charge in [-0.05, 0) is 17.7 Å². The van der Waals surface area contributed by atoms with E-state index in [1.165, 1.54) is 12.5 Å². The molecule has 6 nitrogen and oxygen atoms in total. The molecule has 0 spiro atoms. The van der Waals surface area contributed by atoms with Gasteiger partial charge >= 0.3 is 0 Å². The largest absolute Gasteiger partial charge is 0.326 e. The van der Waals surface area contributed by atoms with Crippen molar-refractivity contribution < 1.29 is 0 Å². The van der Waals surface area contributed by atoms with Gasteiger partial charge < -0.3 is 10.7 Å². The van der Waals surface area contributed by atoms with Gasteiger partial charge in [0.2, 0.25) is 0 Å². The van der Waals surface area contributed by atoms with Gasteiger partial charge in [0, 0.05) is 6.54 Å². The van der Waals surface area contributed by atoms with Crippen LogP contribution in [0, 0.1) is 0 Å². The van der Waals surface area contributed by atoms with Gasteiger partial charge in [-0.3, -0.25) is 4.79 Å². The summed E-state index contributed by atoms with van der Waals surface area (Å²) in [7, 11) is 0. The molecule has 7 heteroatoms. The minimum atomic E-state index is -0.190. The van der Waals surface area contributed by atoms with Crippen molar-refractivity contribution in [2.24, 2.45) is 5.73 Å². The number of fused-ring (bicyclic) bond motifs is 1. The number of nitrogens with one attached hydrogen (secondary N) is 1. The molecule has 0 aliphatic rings. The highest BCUT2D eigenvalue weighted by Crippen LogP contribution is 2.13. The molecule has 19 heavy (non-hydrogen) atoms. The molecule has 3 N–H and O–H groups in total. The van der Waals surface area contributed by atoms with Gasteiger partial charge in [0.1, 0.15) is 5.39 Å². The first-order chi connectivity index (χ1) is 8.79. The van der Waals surface area contributed by atoms with Gasteiger partial charge in [0.25, 0.3) is 5.56 Å². The lowest BCUT2D eigenvalue weighted by Gasteiger charge is -2.03. The number of hydrogen-bond acceptors (Lipinski definition) is 4. The SMILES string of the molecule is Cl.NCc1ccc(-n2ncc3c(=O)[nH]cnc32)cc1. The number of H-pyrrole nitrogens is 1. The summed E-state index contributed by atoms with van der Waals surface area (Å²) in [4.78, 5) is 18.2. The van der Waals surface area contributed by atoms with Crippen molar-refractivity contribution in [3.8, 4) is 5.69 Å². The maximum absolute atomic E-state index is 11.6. The lowest BCUT2D eigenvalue weighted by molar-refractivity contribution is 0.892.